The van der Waals surface area contributed by atoms with Gasteiger partial charge in [0.1, 0.15) is 12.7 Å². The van der Waals surface area contributed by atoms with Crippen LogP contribution in [0.1, 0.15) is 6.92 Å². The molecule has 1 unspecified atom stereocenters. The van der Waals surface area contributed by atoms with Crippen molar-refractivity contribution < 1.29 is 9.84 Å². The molecule has 0 spiro atoms. The lowest BCUT2D eigenvalue weighted by atomic mass is 10.5. The van der Waals surface area contributed by atoms with Crippen LogP contribution in [0.3, 0.4) is 0 Å². The second kappa shape index (κ2) is 3.68. The summed E-state index contributed by atoms with van der Waals surface area (Å²) in [4.78, 5) is 0. The van der Waals surface area contributed by atoms with Crippen molar-refractivity contribution in [2.75, 3.05) is 6.61 Å². The highest BCUT2D eigenvalue weighted by molar-refractivity contribution is 4.50. The molecule has 1 radical (unpaired) electrons. The van der Waals surface area contributed by atoms with Gasteiger partial charge in [0, 0.05) is 0 Å². The Morgan fingerprint density at radius 2 is 2.57 bits per heavy atom. The van der Waals surface area contributed by atoms with Crippen LogP contribution < -0.4 is 0 Å². The molecule has 0 aromatic heterocycles. The fraction of sp³-hybridized carbons (Fsp3) is 0.600. The third kappa shape index (κ3) is 5.50. The molecule has 1 atom stereocenters. The van der Waals surface area contributed by atoms with Crippen LogP contribution in [-0.4, -0.2) is 12.7 Å². The molecule has 0 fully saturated rings. The van der Waals surface area contributed by atoms with Gasteiger partial charge in [-0.1, -0.05) is 6.58 Å². The fourth-order valence-corrected chi connectivity index (χ4v) is 0.204. The quantitative estimate of drug-likeness (QED) is 0.487. The molecule has 41 valence electrons. The summed E-state index contributed by atoms with van der Waals surface area (Å²) in [6.45, 7) is 5.04. The first-order chi connectivity index (χ1) is 3.27. The van der Waals surface area contributed by atoms with Gasteiger partial charge in [-0.15, -0.1) is 0 Å². The lowest BCUT2D eigenvalue weighted by Crippen LogP contribution is -2.04. The van der Waals surface area contributed by atoms with Crippen molar-refractivity contribution in [1.82, 2.24) is 0 Å². The number of ether oxygens (including phenoxy) is 1. The van der Waals surface area contributed by atoms with Crippen molar-refractivity contribution in [3.05, 3.63) is 12.8 Å². The maximum absolute atomic E-state index is 10.1. The van der Waals surface area contributed by atoms with Gasteiger partial charge in [-0.05, 0) is 6.92 Å². The highest BCUT2D eigenvalue weighted by atomic mass is 16.5. The molecule has 0 saturated carbocycles. The van der Waals surface area contributed by atoms with Crippen LogP contribution in [0.15, 0.2) is 12.8 Å². The third-order valence-corrected chi connectivity index (χ3v) is 0.449. The van der Waals surface area contributed by atoms with Gasteiger partial charge in [0.15, 0.2) is 0 Å². The molecule has 0 aliphatic heterocycles. The van der Waals surface area contributed by atoms with E-state index in [4.69, 9.17) is 0 Å². The number of hydrogen-bond donors (Lipinski definition) is 0. The summed E-state index contributed by atoms with van der Waals surface area (Å²) in [5.41, 5.74) is 0. The summed E-state index contributed by atoms with van der Waals surface area (Å²) in [6, 6.07) is 0. The Labute approximate surface area is 43.4 Å². The zero-order chi connectivity index (χ0) is 5.70. The Morgan fingerprint density at radius 1 is 2.00 bits per heavy atom. The maximum Gasteiger partial charge on any atom is 0.124 e. The van der Waals surface area contributed by atoms with E-state index in [0.717, 1.165) is 0 Å². The molecule has 0 saturated heterocycles. The van der Waals surface area contributed by atoms with Crippen LogP contribution in [0.5, 0.6) is 0 Å². The van der Waals surface area contributed by atoms with Gasteiger partial charge < -0.3 is 4.74 Å². The topological polar surface area (TPSA) is 29.1 Å². The van der Waals surface area contributed by atoms with E-state index < -0.39 is 6.10 Å². The summed E-state index contributed by atoms with van der Waals surface area (Å²) < 4.78 is 4.55. The van der Waals surface area contributed by atoms with E-state index in [0.29, 0.717) is 0 Å². The standard InChI is InChI=1S/C5H9O2/c1-3-7-4-5(2)6/h3,5H,1,4H2,2H3. The molecule has 0 heterocycles. The zero-order valence-electron chi connectivity index (χ0n) is 4.39. The average molecular weight is 101 g/mol. The average Bonchev–Trinajstić information content (AvgIpc) is 1.61. The SMILES string of the molecule is C=COCC(C)[O]. The lowest BCUT2D eigenvalue weighted by molar-refractivity contribution is 0.0422. The highest BCUT2D eigenvalue weighted by Gasteiger charge is 1.92. The number of hydrogen-bond acceptors (Lipinski definition) is 1. The van der Waals surface area contributed by atoms with Crippen LogP contribution in [0.25, 0.3) is 0 Å². The van der Waals surface area contributed by atoms with E-state index in [9.17, 15) is 5.11 Å². The minimum absolute atomic E-state index is 0.226. The van der Waals surface area contributed by atoms with Gasteiger partial charge in [0.25, 0.3) is 0 Å². The second-order valence-corrected chi connectivity index (χ2v) is 1.31. The first kappa shape index (κ1) is 6.50. The molecule has 2 heteroatoms. The molecular weight excluding hydrogens is 92.1 g/mol. The Bertz CT molecular complexity index is 50.0. The molecule has 0 amide bonds. The summed E-state index contributed by atoms with van der Waals surface area (Å²) in [6.07, 6.45) is 0.631. The highest BCUT2D eigenvalue weighted by Crippen LogP contribution is 1.81. The minimum atomic E-state index is -0.641. The van der Waals surface area contributed by atoms with Crippen molar-refractivity contribution in [2.24, 2.45) is 0 Å². The van der Waals surface area contributed by atoms with E-state index in [1.54, 1.807) is 6.92 Å². The molecule has 0 N–H and O–H groups in total. The Morgan fingerprint density at radius 3 is 2.71 bits per heavy atom. The second-order valence-electron chi connectivity index (χ2n) is 1.31. The molecular formula is C5H9O2. The van der Waals surface area contributed by atoms with Gasteiger partial charge >= 0.3 is 0 Å². The van der Waals surface area contributed by atoms with E-state index in [1.807, 2.05) is 0 Å². The van der Waals surface area contributed by atoms with Gasteiger partial charge in [0.2, 0.25) is 0 Å². The van der Waals surface area contributed by atoms with Gasteiger partial charge in [-0.25, -0.2) is 5.11 Å². The normalized spacial score (nSPS) is 12.9. The van der Waals surface area contributed by atoms with Crippen molar-refractivity contribution in [1.29, 1.82) is 0 Å². The fourth-order valence-electron chi connectivity index (χ4n) is 0.204. The third-order valence-electron chi connectivity index (χ3n) is 0.449. The Kier molecular flexibility index (Phi) is 3.42. The largest absolute Gasteiger partial charge is 0.499 e. The van der Waals surface area contributed by atoms with Crippen LogP contribution in [0, 0.1) is 0 Å². The van der Waals surface area contributed by atoms with Gasteiger partial charge in [-0.3, -0.25) is 0 Å². The first-order valence-corrected chi connectivity index (χ1v) is 2.15. The van der Waals surface area contributed by atoms with Crippen molar-refractivity contribution in [3.8, 4) is 0 Å². The summed E-state index contributed by atoms with van der Waals surface area (Å²) in [5, 5.41) is 10.1. The lowest BCUT2D eigenvalue weighted by Gasteiger charge is -1.97. The van der Waals surface area contributed by atoms with E-state index in [1.165, 1.54) is 6.26 Å². The van der Waals surface area contributed by atoms with Crippen LogP contribution in [0.2, 0.25) is 0 Å². The maximum atomic E-state index is 10.1. The van der Waals surface area contributed by atoms with Crippen LogP contribution in [0.4, 0.5) is 0 Å². The zero-order valence-corrected chi connectivity index (χ0v) is 4.39. The molecule has 0 bridgehead atoms. The minimum Gasteiger partial charge on any atom is -0.499 e. The summed E-state index contributed by atoms with van der Waals surface area (Å²) in [7, 11) is 0. The molecule has 0 aliphatic carbocycles. The molecule has 7 heavy (non-hydrogen) atoms. The molecule has 0 aromatic rings. The Balaban J connectivity index is 2.81. The van der Waals surface area contributed by atoms with Gasteiger partial charge in [0.05, 0.1) is 6.26 Å². The Hall–Kier alpha value is -0.500. The van der Waals surface area contributed by atoms with E-state index in [2.05, 4.69) is 11.3 Å². The van der Waals surface area contributed by atoms with E-state index >= 15 is 0 Å². The van der Waals surface area contributed by atoms with Crippen LogP contribution >= 0.6 is 0 Å². The molecule has 2 nitrogen and oxygen atoms in total. The predicted octanol–water partition coefficient (Wildman–Crippen LogP) is 0.966. The molecule has 0 aliphatic rings. The van der Waals surface area contributed by atoms with Crippen molar-refractivity contribution >= 4 is 0 Å². The summed E-state index contributed by atoms with van der Waals surface area (Å²) >= 11 is 0. The number of rotatable bonds is 3. The van der Waals surface area contributed by atoms with Gasteiger partial charge in [-0.2, -0.15) is 0 Å². The first-order valence-electron chi connectivity index (χ1n) is 2.15. The van der Waals surface area contributed by atoms with Crippen molar-refractivity contribution in [2.45, 2.75) is 13.0 Å². The van der Waals surface area contributed by atoms with Crippen molar-refractivity contribution in [3.63, 3.8) is 0 Å². The summed E-state index contributed by atoms with van der Waals surface area (Å²) in [5.74, 6) is 0. The molecule has 0 rings (SSSR count). The predicted molar refractivity (Wildman–Crippen MR) is 26.3 cm³/mol. The molecule has 0 aromatic carbocycles. The van der Waals surface area contributed by atoms with Crippen LogP contribution in [-0.2, 0) is 9.84 Å². The van der Waals surface area contributed by atoms with E-state index in [-0.39, 0.29) is 6.61 Å². The monoisotopic (exact) mass is 101 g/mol. The smallest absolute Gasteiger partial charge is 0.124 e.